The lowest BCUT2D eigenvalue weighted by molar-refractivity contribution is 0.792. The van der Waals surface area contributed by atoms with Gasteiger partial charge in [-0.1, -0.05) is 217 Å². The molecule has 1 nitrogen and oxygen atoms in total. The number of rotatable bonds is 5. The zero-order valence-corrected chi connectivity index (χ0v) is 39.6. The van der Waals surface area contributed by atoms with Crippen molar-refractivity contribution in [3.05, 3.63) is 304 Å². The van der Waals surface area contributed by atoms with Crippen molar-refractivity contribution in [1.82, 2.24) is 0 Å². The minimum absolute atomic E-state index is 0.466. The Kier molecular flexibility index (Phi) is 8.40. The lowest BCUT2D eigenvalue weighted by Crippen LogP contribution is -2.26. The highest BCUT2D eigenvalue weighted by atomic mass is 15.1. The molecule has 0 unspecified atom stereocenters. The van der Waals surface area contributed by atoms with Gasteiger partial charge in [0.15, 0.2) is 0 Å². The standard InChI is InChI=1S/C70H47N/c1-44-38-45(2)40-49(39-44)48-17-15-16-47(41-48)46-30-32-50(33-31-46)71(51-34-36-59-57-22-7-13-28-65(57)69(67(59)42-51)61-24-9-3-18-53(61)54-19-4-10-25-62(54)69)52-35-37-60-58-23-8-14-29-66(58)70(68(60)43-52)63-26-11-5-20-55(63)56-21-6-12-27-64(56)70/h3-43H,1-2H3. The SMILES string of the molecule is Cc1cc(C)cc(-c2cccc(-c3ccc(N(c4ccc5c(c4)C4(c6ccccc6-c6ccccc64)c4ccccc4-5)c4ccc5c(c4)C4(c6ccccc6-c6ccccc64)c4ccccc4-5)cc3)c2)c1. The van der Waals surface area contributed by atoms with Crippen molar-refractivity contribution in [3.8, 4) is 66.8 Å². The Bertz CT molecular complexity index is 3700. The lowest BCUT2D eigenvalue weighted by Gasteiger charge is -2.33. The van der Waals surface area contributed by atoms with Gasteiger partial charge in [0.05, 0.1) is 10.8 Å². The van der Waals surface area contributed by atoms with Crippen LogP contribution in [0.25, 0.3) is 66.8 Å². The number of anilines is 3. The quantitative estimate of drug-likeness (QED) is 0.166. The van der Waals surface area contributed by atoms with E-state index in [2.05, 4.69) is 267 Å². The van der Waals surface area contributed by atoms with Crippen molar-refractivity contribution >= 4 is 17.1 Å². The maximum atomic E-state index is 2.52. The first-order valence-electron chi connectivity index (χ1n) is 25.0. The molecule has 0 bridgehead atoms. The maximum Gasteiger partial charge on any atom is 0.0726 e. The minimum atomic E-state index is -0.466. The number of hydrogen-bond acceptors (Lipinski definition) is 1. The van der Waals surface area contributed by atoms with Crippen molar-refractivity contribution in [2.75, 3.05) is 4.90 Å². The summed E-state index contributed by atoms with van der Waals surface area (Å²) >= 11 is 0. The van der Waals surface area contributed by atoms with Crippen molar-refractivity contribution in [2.24, 2.45) is 0 Å². The molecular formula is C70H47N. The Labute approximate surface area is 415 Å². The fourth-order valence-corrected chi connectivity index (χ4v) is 13.7. The van der Waals surface area contributed by atoms with Crippen LogP contribution in [-0.4, -0.2) is 0 Å². The summed E-state index contributed by atoms with van der Waals surface area (Å²) < 4.78 is 0. The van der Waals surface area contributed by atoms with Crippen LogP contribution >= 0.6 is 0 Å². The van der Waals surface area contributed by atoms with E-state index in [1.54, 1.807) is 0 Å². The molecule has 332 valence electrons. The van der Waals surface area contributed by atoms with Crippen LogP contribution in [0.5, 0.6) is 0 Å². The van der Waals surface area contributed by atoms with Gasteiger partial charge in [0, 0.05) is 17.1 Å². The molecule has 4 aliphatic rings. The van der Waals surface area contributed by atoms with E-state index in [9.17, 15) is 0 Å². The van der Waals surface area contributed by atoms with Gasteiger partial charge in [-0.15, -0.1) is 0 Å². The Hall–Kier alpha value is -8.78. The molecule has 0 radical (unpaired) electrons. The molecule has 0 heterocycles. The predicted molar refractivity (Wildman–Crippen MR) is 294 cm³/mol. The molecule has 0 atom stereocenters. The van der Waals surface area contributed by atoms with Gasteiger partial charge in [-0.25, -0.2) is 0 Å². The van der Waals surface area contributed by atoms with E-state index in [0.29, 0.717) is 0 Å². The number of hydrogen-bond donors (Lipinski definition) is 0. The fraction of sp³-hybridized carbons (Fsp3) is 0.0571. The first-order valence-corrected chi connectivity index (χ1v) is 25.0. The molecule has 2 spiro atoms. The normalized spacial score (nSPS) is 14.0. The van der Waals surface area contributed by atoms with Gasteiger partial charge in [0.2, 0.25) is 0 Å². The third-order valence-corrected chi connectivity index (χ3v) is 16.4. The fourth-order valence-electron chi connectivity index (χ4n) is 13.7. The van der Waals surface area contributed by atoms with Crippen LogP contribution in [0.3, 0.4) is 0 Å². The van der Waals surface area contributed by atoms with Crippen LogP contribution in [0.4, 0.5) is 17.1 Å². The predicted octanol–water partition coefficient (Wildman–Crippen LogP) is 17.8. The lowest BCUT2D eigenvalue weighted by atomic mass is 9.70. The summed E-state index contributed by atoms with van der Waals surface area (Å²) in [5.74, 6) is 0. The highest BCUT2D eigenvalue weighted by molar-refractivity contribution is 5.99. The van der Waals surface area contributed by atoms with Gasteiger partial charge in [-0.2, -0.15) is 0 Å². The third-order valence-electron chi connectivity index (χ3n) is 16.4. The Morgan fingerprint density at radius 2 is 0.549 bits per heavy atom. The summed E-state index contributed by atoms with van der Waals surface area (Å²) in [6.45, 7) is 4.36. The largest absolute Gasteiger partial charge is 0.310 e. The summed E-state index contributed by atoms with van der Waals surface area (Å²) in [7, 11) is 0. The number of benzene rings is 11. The highest BCUT2D eigenvalue weighted by Crippen LogP contribution is 2.65. The molecule has 15 rings (SSSR count). The molecule has 11 aromatic rings. The number of aryl methyl sites for hydroxylation is 2. The second-order valence-corrected chi connectivity index (χ2v) is 20.1. The van der Waals surface area contributed by atoms with E-state index >= 15 is 0 Å². The maximum absolute atomic E-state index is 2.52. The molecule has 71 heavy (non-hydrogen) atoms. The summed E-state index contributed by atoms with van der Waals surface area (Å²) in [4.78, 5) is 2.52. The van der Waals surface area contributed by atoms with Crippen molar-refractivity contribution in [1.29, 1.82) is 0 Å². The van der Waals surface area contributed by atoms with Crippen molar-refractivity contribution < 1.29 is 0 Å². The van der Waals surface area contributed by atoms with Gasteiger partial charge < -0.3 is 4.90 Å². The molecule has 0 aromatic heterocycles. The summed E-state index contributed by atoms with van der Waals surface area (Å²) in [5, 5.41) is 0. The monoisotopic (exact) mass is 901 g/mol. The van der Waals surface area contributed by atoms with E-state index in [4.69, 9.17) is 0 Å². The van der Waals surface area contributed by atoms with E-state index < -0.39 is 10.8 Å². The van der Waals surface area contributed by atoms with E-state index in [1.165, 1.54) is 122 Å². The topological polar surface area (TPSA) is 3.24 Å². The number of fused-ring (bicyclic) bond motifs is 20. The first-order chi connectivity index (χ1) is 35.0. The minimum Gasteiger partial charge on any atom is -0.310 e. The zero-order chi connectivity index (χ0) is 47.0. The second-order valence-electron chi connectivity index (χ2n) is 20.1. The van der Waals surface area contributed by atoms with Crippen LogP contribution in [-0.2, 0) is 10.8 Å². The van der Waals surface area contributed by atoms with Crippen molar-refractivity contribution in [3.63, 3.8) is 0 Å². The zero-order valence-electron chi connectivity index (χ0n) is 39.6. The van der Waals surface area contributed by atoms with Crippen molar-refractivity contribution in [2.45, 2.75) is 24.7 Å². The Morgan fingerprint density at radius 3 is 0.930 bits per heavy atom. The van der Waals surface area contributed by atoms with Crippen LogP contribution in [0, 0.1) is 13.8 Å². The van der Waals surface area contributed by atoms with Gasteiger partial charge >= 0.3 is 0 Å². The van der Waals surface area contributed by atoms with Gasteiger partial charge in [0.1, 0.15) is 0 Å². The summed E-state index contributed by atoms with van der Waals surface area (Å²) in [6.07, 6.45) is 0. The van der Waals surface area contributed by atoms with E-state index in [-0.39, 0.29) is 0 Å². The van der Waals surface area contributed by atoms with E-state index in [0.717, 1.165) is 17.1 Å². The molecule has 0 amide bonds. The summed E-state index contributed by atoms with van der Waals surface area (Å²) in [5.41, 5.74) is 31.0. The van der Waals surface area contributed by atoms with E-state index in [1.807, 2.05) is 0 Å². The van der Waals surface area contributed by atoms with Gasteiger partial charge in [-0.05, 0) is 168 Å². The highest BCUT2D eigenvalue weighted by Gasteiger charge is 2.53. The molecular weight excluding hydrogens is 855 g/mol. The first kappa shape index (κ1) is 40.1. The second kappa shape index (κ2) is 14.9. The average molecular weight is 902 g/mol. The molecule has 0 saturated heterocycles. The number of nitrogens with zero attached hydrogens (tertiary/aromatic N) is 1. The average Bonchev–Trinajstić information content (AvgIpc) is 4.10. The van der Waals surface area contributed by atoms with Crippen LogP contribution < -0.4 is 4.90 Å². The van der Waals surface area contributed by atoms with Crippen LogP contribution in [0.1, 0.15) is 55.6 Å². The van der Waals surface area contributed by atoms with Crippen LogP contribution in [0.2, 0.25) is 0 Å². The molecule has 0 fully saturated rings. The molecule has 4 aliphatic carbocycles. The van der Waals surface area contributed by atoms with Crippen LogP contribution in [0.15, 0.2) is 249 Å². The molecule has 0 aliphatic heterocycles. The summed E-state index contributed by atoms with van der Waals surface area (Å²) in [6, 6.07) is 94.3. The Balaban J connectivity index is 0.959. The molecule has 1 heteroatoms. The molecule has 0 N–H and O–H groups in total. The smallest absolute Gasteiger partial charge is 0.0726 e. The van der Waals surface area contributed by atoms with Gasteiger partial charge in [-0.3, -0.25) is 0 Å². The molecule has 11 aromatic carbocycles. The van der Waals surface area contributed by atoms with Gasteiger partial charge in [0.25, 0.3) is 0 Å². The Morgan fingerprint density at radius 1 is 0.225 bits per heavy atom. The third kappa shape index (κ3) is 5.41. The molecule has 0 saturated carbocycles.